The highest BCUT2D eigenvalue weighted by atomic mass is 15.2. The van der Waals surface area contributed by atoms with Crippen LogP contribution in [0.15, 0.2) is 30.3 Å². The molecule has 1 unspecified atom stereocenters. The predicted octanol–water partition coefficient (Wildman–Crippen LogP) is 2.69. The summed E-state index contributed by atoms with van der Waals surface area (Å²) in [6.45, 7) is 3.73. The van der Waals surface area contributed by atoms with Crippen LogP contribution in [0.25, 0.3) is 0 Å². The zero-order valence-corrected chi connectivity index (χ0v) is 11.6. The summed E-state index contributed by atoms with van der Waals surface area (Å²) in [7, 11) is 2.06. The van der Waals surface area contributed by atoms with Crippen molar-refractivity contribution in [1.82, 2.24) is 10.2 Å². The lowest BCUT2D eigenvalue weighted by Gasteiger charge is -2.24. The third-order valence-electron chi connectivity index (χ3n) is 3.94. The monoisotopic (exact) mass is 246 g/mol. The Morgan fingerprint density at radius 1 is 1.22 bits per heavy atom. The third kappa shape index (κ3) is 4.11. The van der Waals surface area contributed by atoms with E-state index >= 15 is 0 Å². The zero-order chi connectivity index (χ0) is 12.6. The lowest BCUT2D eigenvalue weighted by molar-refractivity contribution is 0.246. The van der Waals surface area contributed by atoms with Gasteiger partial charge >= 0.3 is 0 Å². The van der Waals surface area contributed by atoms with Crippen molar-refractivity contribution in [2.75, 3.05) is 26.7 Å². The van der Waals surface area contributed by atoms with E-state index in [2.05, 4.69) is 47.6 Å². The number of hydrogen-bond donors (Lipinski definition) is 1. The van der Waals surface area contributed by atoms with Crippen LogP contribution in [-0.4, -0.2) is 37.6 Å². The molecule has 1 aromatic rings. The van der Waals surface area contributed by atoms with Crippen LogP contribution in [-0.2, 0) is 6.42 Å². The smallest absolute Gasteiger partial charge is 0.0220 e. The quantitative estimate of drug-likeness (QED) is 0.744. The van der Waals surface area contributed by atoms with Crippen molar-refractivity contribution >= 4 is 0 Å². The van der Waals surface area contributed by atoms with Gasteiger partial charge in [0.2, 0.25) is 0 Å². The molecule has 2 nitrogen and oxygen atoms in total. The second-order valence-corrected chi connectivity index (χ2v) is 5.33. The summed E-state index contributed by atoms with van der Waals surface area (Å²) in [6, 6.07) is 11.6. The molecule has 0 aliphatic carbocycles. The van der Waals surface area contributed by atoms with Crippen LogP contribution >= 0.6 is 0 Å². The van der Waals surface area contributed by atoms with Crippen LogP contribution in [0.3, 0.4) is 0 Å². The molecule has 18 heavy (non-hydrogen) atoms. The molecule has 1 fully saturated rings. The molecule has 1 aliphatic rings. The van der Waals surface area contributed by atoms with E-state index in [0.717, 1.165) is 12.6 Å². The highest BCUT2D eigenvalue weighted by Gasteiger charge is 2.22. The number of nitrogens with one attached hydrogen (secondary N) is 1. The number of unbranched alkanes of at least 4 members (excludes halogenated alkanes) is 1. The minimum atomic E-state index is 0.784. The van der Waals surface area contributed by atoms with E-state index in [0.29, 0.717) is 0 Å². The van der Waals surface area contributed by atoms with Gasteiger partial charge in [0.1, 0.15) is 0 Å². The van der Waals surface area contributed by atoms with Gasteiger partial charge in [-0.25, -0.2) is 0 Å². The number of aryl methyl sites for hydroxylation is 1. The van der Waals surface area contributed by atoms with Crippen molar-refractivity contribution in [3.8, 4) is 0 Å². The van der Waals surface area contributed by atoms with Crippen molar-refractivity contribution in [1.29, 1.82) is 0 Å². The Bertz CT molecular complexity index is 323. The van der Waals surface area contributed by atoms with E-state index in [1.807, 2.05) is 0 Å². The number of likely N-dealkylation sites (tertiary alicyclic amines) is 1. The van der Waals surface area contributed by atoms with Crippen LogP contribution in [0.1, 0.15) is 31.2 Å². The van der Waals surface area contributed by atoms with Crippen LogP contribution < -0.4 is 5.32 Å². The van der Waals surface area contributed by atoms with Gasteiger partial charge in [0.25, 0.3) is 0 Å². The van der Waals surface area contributed by atoms with Crippen molar-refractivity contribution in [2.45, 2.75) is 38.1 Å². The molecule has 1 aromatic carbocycles. The Kier molecular flexibility index (Phi) is 5.69. The number of rotatable bonds is 7. The number of benzene rings is 1. The van der Waals surface area contributed by atoms with E-state index in [4.69, 9.17) is 0 Å². The maximum Gasteiger partial charge on any atom is 0.0220 e. The van der Waals surface area contributed by atoms with Gasteiger partial charge in [-0.3, -0.25) is 4.90 Å². The molecule has 1 atom stereocenters. The highest BCUT2D eigenvalue weighted by Crippen LogP contribution is 2.17. The Balaban J connectivity index is 1.63. The first-order chi connectivity index (χ1) is 8.90. The zero-order valence-electron chi connectivity index (χ0n) is 11.6. The molecule has 2 rings (SSSR count). The van der Waals surface area contributed by atoms with Gasteiger partial charge < -0.3 is 5.32 Å². The van der Waals surface area contributed by atoms with Crippen LogP contribution in [0.4, 0.5) is 0 Å². The summed E-state index contributed by atoms with van der Waals surface area (Å²) < 4.78 is 0. The van der Waals surface area contributed by atoms with Gasteiger partial charge in [-0.2, -0.15) is 0 Å². The Hall–Kier alpha value is -0.860. The number of nitrogens with zero attached hydrogens (tertiary/aromatic N) is 1. The van der Waals surface area contributed by atoms with Gasteiger partial charge in [-0.05, 0) is 57.8 Å². The molecule has 0 radical (unpaired) electrons. The average molecular weight is 246 g/mol. The SMILES string of the molecule is CNCC1CCCN1CCCCc1ccccc1. The molecule has 1 N–H and O–H groups in total. The molecule has 0 saturated carbocycles. The lowest BCUT2D eigenvalue weighted by Crippen LogP contribution is -2.37. The fraction of sp³-hybridized carbons (Fsp3) is 0.625. The normalized spacial score (nSPS) is 20.4. The Labute approximate surface area is 111 Å². The molecule has 0 spiro atoms. The molecular weight excluding hydrogens is 220 g/mol. The summed E-state index contributed by atoms with van der Waals surface area (Å²) in [5, 5.41) is 3.31. The fourth-order valence-electron chi connectivity index (χ4n) is 2.95. The molecule has 0 bridgehead atoms. The summed E-state index contributed by atoms with van der Waals surface area (Å²) in [4.78, 5) is 2.67. The number of likely N-dealkylation sites (N-methyl/N-ethyl adjacent to an activating group) is 1. The average Bonchev–Trinajstić information content (AvgIpc) is 2.84. The van der Waals surface area contributed by atoms with Gasteiger partial charge in [-0.15, -0.1) is 0 Å². The first-order valence-corrected chi connectivity index (χ1v) is 7.32. The van der Waals surface area contributed by atoms with Gasteiger partial charge in [0, 0.05) is 12.6 Å². The van der Waals surface area contributed by atoms with E-state index in [1.54, 1.807) is 0 Å². The predicted molar refractivity (Wildman–Crippen MR) is 77.9 cm³/mol. The summed E-state index contributed by atoms with van der Waals surface area (Å²) in [5.74, 6) is 0. The topological polar surface area (TPSA) is 15.3 Å². The highest BCUT2D eigenvalue weighted by molar-refractivity contribution is 5.14. The van der Waals surface area contributed by atoms with E-state index in [9.17, 15) is 0 Å². The second kappa shape index (κ2) is 7.55. The summed E-state index contributed by atoms with van der Waals surface area (Å²) >= 11 is 0. The molecule has 100 valence electrons. The van der Waals surface area contributed by atoms with E-state index < -0.39 is 0 Å². The van der Waals surface area contributed by atoms with Crippen molar-refractivity contribution < 1.29 is 0 Å². The largest absolute Gasteiger partial charge is 0.318 e. The first kappa shape index (κ1) is 13.6. The summed E-state index contributed by atoms with van der Waals surface area (Å²) in [6.07, 6.45) is 6.62. The lowest BCUT2D eigenvalue weighted by atomic mass is 10.1. The Morgan fingerprint density at radius 2 is 2.06 bits per heavy atom. The maximum absolute atomic E-state index is 3.31. The fourth-order valence-corrected chi connectivity index (χ4v) is 2.95. The van der Waals surface area contributed by atoms with Crippen LogP contribution in [0.5, 0.6) is 0 Å². The molecule has 1 aliphatic heterocycles. The first-order valence-electron chi connectivity index (χ1n) is 7.32. The standard InChI is InChI=1S/C16H26N2/c1-17-14-16-11-7-13-18(16)12-6-5-10-15-8-3-2-4-9-15/h2-4,8-9,16-17H,5-7,10-14H2,1H3. The molecule has 1 saturated heterocycles. The van der Waals surface area contributed by atoms with E-state index in [1.165, 1.54) is 50.8 Å². The van der Waals surface area contributed by atoms with E-state index in [-0.39, 0.29) is 0 Å². The second-order valence-electron chi connectivity index (χ2n) is 5.33. The minimum absolute atomic E-state index is 0.784. The van der Waals surface area contributed by atoms with Crippen molar-refractivity contribution in [3.63, 3.8) is 0 Å². The molecule has 0 aromatic heterocycles. The molecular formula is C16H26N2. The molecule has 2 heteroatoms. The van der Waals surface area contributed by atoms with Crippen molar-refractivity contribution in [2.24, 2.45) is 0 Å². The minimum Gasteiger partial charge on any atom is -0.318 e. The van der Waals surface area contributed by atoms with Gasteiger partial charge in [0.05, 0.1) is 0 Å². The number of hydrogen-bond acceptors (Lipinski definition) is 2. The maximum atomic E-state index is 3.31. The van der Waals surface area contributed by atoms with Gasteiger partial charge in [0.15, 0.2) is 0 Å². The molecule has 1 heterocycles. The van der Waals surface area contributed by atoms with Crippen LogP contribution in [0, 0.1) is 0 Å². The summed E-state index contributed by atoms with van der Waals surface area (Å²) in [5.41, 5.74) is 1.48. The van der Waals surface area contributed by atoms with Crippen molar-refractivity contribution in [3.05, 3.63) is 35.9 Å². The van der Waals surface area contributed by atoms with Gasteiger partial charge in [-0.1, -0.05) is 30.3 Å². The third-order valence-corrected chi connectivity index (χ3v) is 3.94. The molecule has 0 amide bonds. The Morgan fingerprint density at radius 3 is 2.83 bits per heavy atom. The van der Waals surface area contributed by atoms with Crippen LogP contribution in [0.2, 0.25) is 0 Å².